The Kier molecular flexibility index (Phi) is 3.99. The number of amides is 2. The number of hydrogen-bond acceptors (Lipinski definition) is 3. The maximum atomic E-state index is 11.5. The molecule has 1 N–H and O–H groups in total. The van der Waals surface area contributed by atoms with Crippen LogP contribution in [-0.4, -0.2) is 39.2 Å². The third-order valence-corrected chi connectivity index (χ3v) is 2.06. The highest BCUT2D eigenvalue weighted by molar-refractivity contribution is 5.90. The van der Waals surface area contributed by atoms with Crippen molar-refractivity contribution in [3.05, 3.63) is 18.2 Å². The highest BCUT2D eigenvalue weighted by Crippen LogP contribution is 2.28. The van der Waals surface area contributed by atoms with Crippen molar-refractivity contribution in [2.45, 2.75) is 0 Å². The molecule has 0 aliphatic carbocycles. The van der Waals surface area contributed by atoms with Crippen molar-refractivity contribution in [1.29, 1.82) is 0 Å². The van der Waals surface area contributed by atoms with E-state index in [0.29, 0.717) is 17.2 Å². The Balaban J connectivity index is 2.91. The SMILES string of the molecule is COc1ccc(NC(=O)N(C)C)c(OC)c1. The smallest absolute Gasteiger partial charge is 0.321 e. The number of carbonyl (C=O) groups excluding carboxylic acids is 1. The van der Waals surface area contributed by atoms with Gasteiger partial charge in [0, 0.05) is 20.2 Å². The molecule has 0 fully saturated rings. The summed E-state index contributed by atoms with van der Waals surface area (Å²) in [6.07, 6.45) is 0. The molecule has 88 valence electrons. The summed E-state index contributed by atoms with van der Waals surface area (Å²) in [4.78, 5) is 12.9. The van der Waals surface area contributed by atoms with Gasteiger partial charge in [0.2, 0.25) is 0 Å². The Labute approximate surface area is 95.0 Å². The summed E-state index contributed by atoms with van der Waals surface area (Å²) in [6.45, 7) is 0. The number of benzene rings is 1. The van der Waals surface area contributed by atoms with Gasteiger partial charge in [-0.05, 0) is 12.1 Å². The van der Waals surface area contributed by atoms with E-state index in [1.165, 1.54) is 4.90 Å². The lowest BCUT2D eigenvalue weighted by molar-refractivity contribution is 0.230. The zero-order chi connectivity index (χ0) is 12.1. The first-order chi connectivity index (χ1) is 7.58. The summed E-state index contributed by atoms with van der Waals surface area (Å²) in [7, 11) is 6.46. The standard InChI is InChI=1S/C11H16N2O3/c1-13(2)11(14)12-9-6-5-8(15-3)7-10(9)16-4/h5-7H,1-4H3,(H,12,14). The van der Waals surface area contributed by atoms with Crippen LogP contribution in [0.15, 0.2) is 18.2 Å². The van der Waals surface area contributed by atoms with Crippen LogP contribution in [0.25, 0.3) is 0 Å². The lowest BCUT2D eigenvalue weighted by atomic mass is 10.2. The van der Waals surface area contributed by atoms with Crippen LogP contribution in [0.5, 0.6) is 11.5 Å². The second kappa shape index (κ2) is 5.25. The van der Waals surface area contributed by atoms with Gasteiger partial charge in [-0.25, -0.2) is 4.79 Å². The fourth-order valence-electron chi connectivity index (χ4n) is 1.13. The molecule has 0 aliphatic rings. The first kappa shape index (κ1) is 12.2. The summed E-state index contributed by atoms with van der Waals surface area (Å²) in [5.74, 6) is 1.24. The summed E-state index contributed by atoms with van der Waals surface area (Å²) >= 11 is 0. The third-order valence-electron chi connectivity index (χ3n) is 2.06. The number of urea groups is 1. The molecule has 0 unspecified atom stereocenters. The number of hydrogen-bond donors (Lipinski definition) is 1. The van der Waals surface area contributed by atoms with Gasteiger partial charge in [0.1, 0.15) is 11.5 Å². The van der Waals surface area contributed by atoms with E-state index in [-0.39, 0.29) is 6.03 Å². The average Bonchev–Trinajstić information content (AvgIpc) is 2.29. The molecule has 0 atom stereocenters. The first-order valence-electron chi connectivity index (χ1n) is 4.78. The molecule has 1 aromatic rings. The number of anilines is 1. The summed E-state index contributed by atoms with van der Waals surface area (Å²) in [5, 5.41) is 2.72. The Hall–Kier alpha value is -1.91. The molecule has 0 bridgehead atoms. The zero-order valence-electron chi connectivity index (χ0n) is 9.90. The molecule has 1 rings (SSSR count). The van der Waals surface area contributed by atoms with E-state index in [9.17, 15) is 4.79 Å². The molecular weight excluding hydrogens is 208 g/mol. The molecule has 0 spiro atoms. The topological polar surface area (TPSA) is 50.8 Å². The number of rotatable bonds is 3. The van der Waals surface area contributed by atoms with Crippen molar-refractivity contribution in [2.24, 2.45) is 0 Å². The number of carbonyl (C=O) groups is 1. The average molecular weight is 224 g/mol. The van der Waals surface area contributed by atoms with Gasteiger partial charge in [0.15, 0.2) is 0 Å². The second-order valence-corrected chi connectivity index (χ2v) is 3.39. The molecule has 0 aromatic heterocycles. The van der Waals surface area contributed by atoms with Crippen molar-refractivity contribution in [1.82, 2.24) is 4.90 Å². The fraction of sp³-hybridized carbons (Fsp3) is 0.364. The predicted molar refractivity (Wildman–Crippen MR) is 62.3 cm³/mol. The van der Waals surface area contributed by atoms with Gasteiger partial charge < -0.3 is 19.7 Å². The normalized spacial score (nSPS) is 9.50. The van der Waals surface area contributed by atoms with Crippen molar-refractivity contribution in [3.8, 4) is 11.5 Å². The minimum atomic E-state index is -0.205. The monoisotopic (exact) mass is 224 g/mol. The lowest BCUT2D eigenvalue weighted by Crippen LogP contribution is -2.27. The van der Waals surface area contributed by atoms with E-state index in [0.717, 1.165) is 0 Å². The molecule has 5 nitrogen and oxygen atoms in total. The molecule has 0 radical (unpaired) electrons. The number of methoxy groups -OCH3 is 2. The number of nitrogens with zero attached hydrogens (tertiary/aromatic N) is 1. The maximum absolute atomic E-state index is 11.5. The Morgan fingerprint density at radius 1 is 1.25 bits per heavy atom. The van der Waals surface area contributed by atoms with Crippen molar-refractivity contribution < 1.29 is 14.3 Å². The first-order valence-corrected chi connectivity index (χ1v) is 4.78. The molecule has 0 saturated carbocycles. The third kappa shape index (κ3) is 2.79. The molecule has 0 saturated heterocycles. The van der Waals surface area contributed by atoms with E-state index < -0.39 is 0 Å². The van der Waals surface area contributed by atoms with Crippen LogP contribution in [0.2, 0.25) is 0 Å². The van der Waals surface area contributed by atoms with Crippen LogP contribution >= 0.6 is 0 Å². The second-order valence-electron chi connectivity index (χ2n) is 3.39. The summed E-state index contributed by atoms with van der Waals surface area (Å²) < 4.78 is 10.2. The van der Waals surface area contributed by atoms with E-state index >= 15 is 0 Å². The van der Waals surface area contributed by atoms with Gasteiger partial charge in [-0.2, -0.15) is 0 Å². The minimum absolute atomic E-state index is 0.205. The molecule has 1 aromatic carbocycles. The highest BCUT2D eigenvalue weighted by Gasteiger charge is 2.09. The van der Waals surface area contributed by atoms with Crippen LogP contribution in [0.1, 0.15) is 0 Å². The Morgan fingerprint density at radius 2 is 1.94 bits per heavy atom. The van der Waals surface area contributed by atoms with Crippen LogP contribution < -0.4 is 14.8 Å². The largest absolute Gasteiger partial charge is 0.497 e. The van der Waals surface area contributed by atoms with Gasteiger partial charge >= 0.3 is 6.03 Å². The predicted octanol–water partition coefficient (Wildman–Crippen LogP) is 1.80. The number of ether oxygens (including phenoxy) is 2. The maximum Gasteiger partial charge on any atom is 0.321 e. The van der Waals surface area contributed by atoms with Crippen LogP contribution in [0.4, 0.5) is 10.5 Å². The van der Waals surface area contributed by atoms with Crippen LogP contribution in [0, 0.1) is 0 Å². The summed E-state index contributed by atoms with van der Waals surface area (Å²) in [5.41, 5.74) is 0.613. The Morgan fingerprint density at radius 3 is 2.44 bits per heavy atom. The van der Waals surface area contributed by atoms with E-state index in [4.69, 9.17) is 9.47 Å². The Bertz CT molecular complexity index is 377. The quantitative estimate of drug-likeness (QED) is 0.851. The molecule has 5 heteroatoms. The molecule has 0 aliphatic heterocycles. The van der Waals surface area contributed by atoms with Crippen molar-refractivity contribution in [2.75, 3.05) is 33.6 Å². The molecule has 2 amide bonds. The van der Waals surface area contributed by atoms with Gasteiger partial charge in [0.25, 0.3) is 0 Å². The minimum Gasteiger partial charge on any atom is -0.497 e. The zero-order valence-corrected chi connectivity index (χ0v) is 9.90. The summed E-state index contributed by atoms with van der Waals surface area (Å²) in [6, 6.07) is 5.00. The highest BCUT2D eigenvalue weighted by atomic mass is 16.5. The van der Waals surface area contributed by atoms with Crippen molar-refractivity contribution in [3.63, 3.8) is 0 Å². The van der Waals surface area contributed by atoms with E-state index in [1.807, 2.05) is 0 Å². The lowest BCUT2D eigenvalue weighted by Gasteiger charge is -2.15. The molecule has 16 heavy (non-hydrogen) atoms. The van der Waals surface area contributed by atoms with Crippen LogP contribution in [0.3, 0.4) is 0 Å². The van der Waals surface area contributed by atoms with E-state index in [2.05, 4.69) is 5.32 Å². The van der Waals surface area contributed by atoms with Gasteiger partial charge in [-0.1, -0.05) is 0 Å². The number of nitrogens with one attached hydrogen (secondary N) is 1. The fourth-order valence-corrected chi connectivity index (χ4v) is 1.13. The molecular formula is C11H16N2O3. The van der Waals surface area contributed by atoms with Gasteiger partial charge in [-0.3, -0.25) is 0 Å². The van der Waals surface area contributed by atoms with E-state index in [1.54, 1.807) is 46.5 Å². The molecule has 0 heterocycles. The van der Waals surface area contributed by atoms with Gasteiger partial charge in [0.05, 0.1) is 19.9 Å². The van der Waals surface area contributed by atoms with Gasteiger partial charge in [-0.15, -0.1) is 0 Å². The van der Waals surface area contributed by atoms with Crippen molar-refractivity contribution >= 4 is 11.7 Å². The van der Waals surface area contributed by atoms with Crippen LogP contribution in [-0.2, 0) is 0 Å².